The molecule has 25 heteroatoms. The Morgan fingerprint density at radius 1 is 0.548 bits per heavy atom. The number of aliphatic hydroxyl groups is 6. The molecule has 5 aromatic carbocycles. The highest BCUT2D eigenvalue weighted by Crippen LogP contribution is 2.37. The Labute approximate surface area is 548 Å². The third-order valence-corrected chi connectivity index (χ3v) is 18.3. The quantitative estimate of drug-likeness (QED) is 0.0154. The van der Waals surface area contributed by atoms with Crippen LogP contribution >= 0.6 is 23.5 Å². The molecule has 12 atom stereocenters. The number of carbonyl (C=O) groups is 8. The summed E-state index contributed by atoms with van der Waals surface area (Å²) in [5.41, 5.74) is 3.14. The summed E-state index contributed by atoms with van der Waals surface area (Å²) in [5, 5.41) is 90.6. The van der Waals surface area contributed by atoms with Gasteiger partial charge >= 0.3 is 5.97 Å². The van der Waals surface area contributed by atoms with E-state index in [1.165, 1.54) is 25.6 Å². The molecule has 7 rings (SSSR count). The van der Waals surface area contributed by atoms with Crippen LogP contribution < -0.4 is 26.6 Å². The molecule has 0 spiro atoms. The predicted molar refractivity (Wildman–Crippen MR) is 349 cm³/mol. The van der Waals surface area contributed by atoms with Crippen LogP contribution in [0, 0.1) is 0 Å². The maximum Gasteiger partial charge on any atom is 0.336 e. The molecule has 93 heavy (non-hydrogen) atoms. The van der Waals surface area contributed by atoms with Crippen molar-refractivity contribution in [1.82, 2.24) is 26.6 Å². The van der Waals surface area contributed by atoms with Gasteiger partial charge < -0.3 is 76.5 Å². The zero-order valence-electron chi connectivity index (χ0n) is 51.8. The van der Waals surface area contributed by atoms with Gasteiger partial charge in [-0.05, 0) is 108 Å². The number of carboxylic acids is 1. The summed E-state index contributed by atoms with van der Waals surface area (Å²) in [6.07, 6.45) is -11.4. The molecule has 5 amide bonds. The highest BCUT2D eigenvalue weighted by atomic mass is 32.2. The molecule has 0 radical (unpaired) electrons. The number of aliphatic hydroxyl groups excluding tert-OH is 6. The average Bonchev–Trinajstić information content (AvgIpc) is 0.822. The van der Waals surface area contributed by atoms with Crippen LogP contribution in [-0.2, 0) is 33.4 Å². The maximum absolute atomic E-state index is 13.1. The number of unbranched alkanes of at least 4 members (excludes halogenated alkanes) is 1. The van der Waals surface area contributed by atoms with Crippen LogP contribution in [-0.4, -0.2) is 205 Å². The minimum absolute atomic E-state index is 0.0154. The summed E-state index contributed by atoms with van der Waals surface area (Å²) in [4.78, 5) is 102. The number of hydrogen-bond donors (Lipinski definition) is 12. The first-order chi connectivity index (χ1) is 44.6. The van der Waals surface area contributed by atoms with E-state index < -0.39 is 128 Å². The van der Waals surface area contributed by atoms with E-state index in [0.29, 0.717) is 83.8 Å². The van der Waals surface area contributed by atoms with E-state index in [2.05, 4.69) is 26.6 Å². The van der Waals surface area contributed by atoms with Crippen LogP contribution in [0.5, 0.6) is 0 Å². The lowest BCUT2D eigenvalue weighted by Gasteiger charge is -2.47. The summed E-state index contributed by atoms with van der Waals surface area (Å²) in [6, 6.07) is 36.5. The topological polar surface area (TPSA) is 366 Å². The minimum atomic E-state index is -2.04. The molecule has 23 nitrogen and oxygen atoms in total. The molecule has 500 valence electrons. The predicted octanol–water partition coefficient (Wildman–Crippen LogP) is 4.09. The molecule has 0 saturated carbocycles. The van der Waals surface area contributed by atoms with Crippen LogP contribution in [0.2, 0.25) is 0 Å². The average molecular weight is 1320 g/mol. The van der Waals surface area contributed by atoms with Crippen LogP contribution in [0.15, 0.2) is 133 Å². The Morgan fingerprint density at radius 2 is 0.978 bits per heavy atom. The number of ether oxygens (including phenoxy) is 3. The Balaban J connectivity index is 0.765. The second kappa shape index (κ2) is 35.8. The van der Waals surface area contributed by atoms with E-state index in [0.717, 1.165) is 22.3 Å². The Morgan fingerprint density at radius 3 is 1.47 bits per heavy atom. The Kier molecular flexibility index (Phi) is 28.1. The van der Waals surface area contributed by atoms with Crippen LogP contribution in [0.1, 0.15) is 107 Å². The SMILES string of the molecule is CC(=O)N[C@H]1[C@H]([C@H](O)[C@H](O)CNC(=O)c2ccc(-c3ccccc3)cc2)O[C@](C=O)(OCCCSCCNC(=O)c2ccc(C(=O)CCCSCCCC[C@]3(C(=O)O)C[C@H](O)[C@@H](NC(C)=O)[C@H]([C@H](O)[C@H](O)CNC(=O)c4ccc(-c5ccccc5)cc4)O3)cc2)C[C@@H]1O. The lowest BCUT2D eigenvalue weighted by atomic mass is 9.81. The number of hydrogen-bond acceptors (Lipinski definition) is 19. The number of thioether (sulfide) groups is 2. The lowest BCUT2D eigenvalue weighted by Crippen LogP contribution is -2.67. The number of carbonyl (C=O) groups excluding carboxylic acids is 7. The van der Waals surface area contributed by atoms with E-state index in [-0.39, 0.29) is 31.1 Å². The molecule has 2 aliphatic heterocycles. The number of ketones is 1. The molecule has 2 fully saturated rings. The molecule has 5 aromatic rings. The van der Waals surface area contributed by atoms with Gasteiger partial charge in [0.1, 0.15) is 24.4 Å². The fourth-order valence-corrected chi connectivity index (χ4v) is 12.8. The number of benzene rings is 5. The van der Waals surface area contributed by atoms with E-state index in [9.17, 15) is 74.1 Å². The van der Waals surface area contributed by atoms with Gasteiger partial charge in [-0.25, -0.2) is 4.79 Å². The van der Waals surface area contributed by atoms with Crippen molar-refractivity contribution in [2.45, 2.75) is 138 Å². The van der Waals surface area contributed by atoms with E-state index in [1.54, 1.807) is 84.6 Å². The highest BCUT2D eigenvalue weighted by Gasteiger charge is 2.55. The van der Waals surface area contributed by atoms with Crippen molar-refractivity contribution in [2.75, 3.05) is 49.3 Å². The molecule has 2 aliphatic rings. The number of nitrogens with one attached hydrogen (secondary N) is 5. The number of carboxylic acid groups (broad SMARTS) is 1. The smallest absolute Gasteiger partial charge is 0.336 e. The molecule has 0 aliphatic carbocycles. The van der Waals surface area contributed by atoms with Crippen molar-refractivity contribution in [3.63, 3.8) is 0 Å². The summed E-state index contributed by atoms with van der Waals surface area (Å²) >= 11 is 3.07. The monoisotopic (exact) mass is 1320 g/mol. The van der Waals surface area contributed by atoms with Crippen LogP contribution in [0.25, 0.3) is 22.3 Å². The minimum Gasteiger partial charge on any atom is -0.479 e. The Bertz CT molecular complexity index is 3260. The van der Waals surface area contributed by atoms with Gasteiger partial charge in [0.05, 0.1) is 43.1 Å². The first-order valence-electron chi connectivity index (χ1n) is 30.9. The number of aldehydes is 1. The molecular weight excluding hydrogens is 1240 g/mol. The van der Waals surface area contributed by atoms with E-state index >= 15 is 0 Å². The first kappa shape index (κ1) is 73.0. The number of Topliss-reactive ketones (excluding diaryl/α,β-unsaturated/α-hetero) is 1. The molecule has 0 aromatic heterocycles. The van der Waals surface area contributed by atoms with Crippen molar-refractivity contribution in [1.29, 1.82) is 0 Å². The largest absolute Gasteiger partial charge is 0.479 e. The van der Waals surface area contributed by atoms with Crippen molar-refractivity contribution in [2.24, 2.45) is 0 Å². The molecule has 2 heterocycles. The lowest BCUT2D eigenvalue weighted by molar-refractivity contribution is -0.296. The number of aliphatic carboxylic acids is 1. The molecule has 0 unspecified atom stereocenters. The van der Waals surface area contributed by atoms with Crippen molar-refractivity contribution in [3.05, 3.63) is 156 Å². The molecule has 12 N–H and O–H groups in total. The van der Waals surface area contributed by atoms with Gasteiger partial charge in [0.15, 0.2) is 17.7 Å². The van der Waals surface area contributed by atoms with Gasteiger partial charge in [-0.1, -0.05) is 97.1 Å². The van der Waals surface area contributed by atoms with Crippen molar-refractivity contribution >= 4 is 71.1 Å². The summed E-state index contributed by atoms with van der Waals surface area (Å²) < 4.78 is 17.9. The van der Waals surface area contributed by atoms with Crippen LogP contribution in [0.4, 0.5) is 0 Å². The maximum atomic E-state index is 13.1. The second-order valence-corrected chi connectivity index (χ2v) is 25.5. The van der Waals surface area contributed by atoms with Gasteiger partial charge in [0, 0.05) is 80.8 Å². The van der Waals surface area contributed by atoms with Gasteiger partial charge in [-0.3, -0.25) is 33.6 Å². The summed E-state index contributed by atoms with van der Waals surface area (Å²) in [6.45, 7) is 1.78. The summed E-state index contributed by atoms with van der Waals surface area (Å²) in [5.74, 6) is -3.78. The van der Waals surface area contributed by atoms with Crippen LogP contribution in [0.3, 0.4) is 0 Å². The number of amides is 5. The summed E-state index contributed by atoms with van der Waals surface area (Å²) in [7, 11) is 0. The first-order valence-corrected chi connectivity index (χ1v) is 33.2. The zero-order valence-corrected chi connectivity index (χ0v) is 53.4. The third-order valence-electron chi connectivity index (χ3n) is 16.1. The standard InChI is InChI=1S/C68H83N5O18S2/c1-42(75)72-57-53(78)37-67(66(87)88,90-61(57)59(82)55(80)39-70-64(85)50-24-18-46(19-25-50)44-13-5-3-6-14-44)30-9-10-33-92-34-11-17-52(77)48-22-28-49(29-23-48)63(84)69-31-36-93-35-12-32-89-68(41-74)38-54(79)58(73-43(2)76)62(91-68)60(83)56(81)40-71-65(86)51-26-20-47(21-27-51)45-15-7-4-8-16-45/h3-8,13-16,18-29,41,53-62,78-83H,9-12,17,30-40H2,1-2H3,(H,69,84)(H,70,85)(H,71,86)(H,72,75)(H,73,76)(H,87,88)/t53-,54-,55+,56+,57+,58+,59+,60+,61+,62+,67+,68+/m0/s1. The Hall–Kier alpha value is -7.40. The fourth-order valence-electron chi connectivity index (χ4n) is 11.1. The van der Waals surface area contributed by atoms with E-state index in [4.69, 9.17) is 14.2 Å². The second-order valence-electron chi connectivity index (χ2n) is 23.1. The van der Waals surface area contributed by atoms with E-state index in [1.807, 2.05) is 60.7 Å². The van der Waals surface area contributed by atoms with Gasteiger partial charge in [-0.15, -0.1) is 0 Å². The van der Waals surface area contributed by atoms with Crippen molar-refractivity contribution < 1.29 is 88.3 Å². The van der Waals surface area contributed by atoms with Gasteiger partial charge in [0.25, 0.3) is 17.7 Å². The zero-order chi connectivity index (χ0) is 67.1. The highest BCUT2D eigenvalue weighted by molar-refractivity contribution is 7.99. The third kappa shape index (κ3) is 21.0. The van der Waals surface area contributed by atoms with Gasteiger partial charge in [-0.2, -0.15) is 23.5 Å². The molecule has 2 saturated heterocycles. The normalized spacial score (nSPS) is 22.4. The van der Waals surface area contributed by atoms with Gasteiger partial charge in [0.2, 0.25) is 17.6 Å². The van der Waals surface area contributed by atoms with Crippen molar-refractivity contribution in [3.8, 4) is 22.3 Å². The molecule has 0 bridgehead atoms. The number of rotatable bonds is 35. The fraction of sp³-hybridized carbons (Fsp3) is 0.441. The molecular formula is C68H83N5O18S2.